The van der Waals surface area contributed by atoms with Crippen LogP contribution in [0.5, 0.6) is 0 Å². The lowest BCUT2D eigenvalue weighted by Gasteiger charge is -2.12. The normalized spacial score (nSPS) is 14.1. The molecule has 0 aromatic rings. The van der Waals surface area contributed by atoms with Gasteiger partial charge in [-0.15, -0.1) is 0 Å². The van der Waals surface area contributed by atoms with E-state index in [1.807, 2.05) is 0 Å². The maximum Gasteiger partial charge on any atom is 0.363 e. The molecule has 0 aromatic heterocycles. The molecule has 50 valence electrons. The van der Waals surface area contributed by atoms with Crippen LogP contribution in [0.1, 0.15) is 0 Å². The number of alkyl halides is 3. The van der Waals surface area contributed by atoms with Crippen LogP contribution in [0, 0.1) is 0 Å². The Hall–Kier alpha value is 1.59. The number of rotatable bonds is 0. The molecule has 0 radical (unpaired) electrons. The Morgan fingerprint density at radius 3 is 1.38 bits per heavy atom. The summed E-state index contributed by atoms with van der Waals surface area (Å²) in [6.45, 7) is 0. The molecule has 0 spiro atoms. The second kappa shape index (κ2) is 2.68. The first kappa shape index (κ1) is 9.59. The predicted molar refractivity (Wildman–Crippen MR) is 41.6 cm³/mol. The third-order valence-electron chi connectivity index (χ3n) is 0.330. The minimum Gasteiger partial charge on any atom is -0.322 e. The lowest BCUT2D eigenvalue weighted by molar-refractivity contribution is 0.376. The fourth-order valence-corrected chi connectivity index (χ4v) is 0. The lowest BCUT2D eigenvalue weighted by atomic mass is 11.9. The molecular formula is CH2Br3O3P. The monoisotopic (exact) mass is 330 g/mol. The van der Waals surface area contributed by atoms with Gasteiger partial charge in [0, 0.05) is 0 Å². The fraction of sp³-hybridized carbons (Fsp3) is 1.00. The van der Waals surface area contributed by atoms with Crippen molar-refractivity contribution in [2.24, 2.45) is 0 Å². The summed E-state index contributed by atoms with van der Waals surface area (Å²) in [5.41, 5.74) is 0. The predicted octanol–water partition coefficient (Wildman–Crippen LogP) is 1.96. The van der Waals surface area contributed by atoms with Crippen LogP contribution in [0.25, 0.3) is 0 Å². The van der Waals surface area contributed by atoms with Gasteiger partial charge in [-0.05, 0) is 47.8 Å². The van der Waals surface area contributed by atoms with Crippen LogP contribution < -0.4 is 0 Å². The first-order valence-electron chi connectivity index (χ1n) is 1.37. The van der Waals surface area contributed by atoms with Crippen molar-refractivity contribution in [3.05, 3.63) is 0 Å². The minimum atomic E-state index is -4.10. The third-order valence-corrected chi connectivity index (χ3v) is 5.15. The maximum absolute atomic E-state index is 10.2. The minimum absolute atomic E-state index is 1.46. The van der Waals surface area contributed by atoms with Crippen molar-refractivity contribution >= 4 is 55.4 Å². The maximum atomic E-state index is 10.2. The zero-order chi connectivity index (χ0) is 7.00. The van der Waals surface area contributed by atoms with Crippen LogP contribution in [0.4, 0.5) is 0 Å². The van der Waals surface area contributed by atoms with Crippen molar-refractivity contribution in [2.75, 3.05) is 0 Å². The average Bonchev–Trinajstić information content (AvgIpc) is 1.25. The van der Waals surface area contributed by atoms with E-state index < -0.39 is 9.48 Å². The van der Waals surface area contributed by atoms with E-state index in [0.29, 0.717) is 0 Å². The molecule has 0 aliphatic rings. The summed E-state index contributed by atoms with van der Waals surface area (Å²) in [5, 5.41) is 0. The van der Waals surface area contributed by atoms with Gasteiger partial charge in [0.2, 0.25) is 1.88 Å². The zero-order valence-corrected chi connectivity index (χ0v) is 9.04. The van der Waals surface area contributed by atoms with E-state index in [-0.39, 0.29) is 0 Å². The molecule has 8 heavy (non-hydrogen) atoms. The largest absolute Gasteiger partial charge is 0.363 e. The smallest absolute Gasteiger partial charge is 0.322 e. The quantitative estimate of drug-likeness (QED) is 0.526. The second-order valence-corrected chi connectivity index (χ2v) is 11.4. The Kier molecular flexibility index (Phi) is 3.21. The Balaban J connectivity index is 4.26. The Morgan fingerprint density at radius 1 is 1.25 bits per heavy atom. The third kappa shape index (κ3) is 2.94. The van der Waals surface area contributed by atoms with Crippen molar-refractivity contribution in [2.45, 2.75) is 1.88 Å². The lowest BCUT2D eigenvalue weighted by Crippen LogP contribution is -1.98. The van der Waals surface area contributed by atoms with Gasteiger partial charge in [0.1, 0.15) is 0 Å². The molecule has 7 heteroatoms. The molecule has 0 unspecified atom stereocenters. The summed E-state index contributed by atoms with van der Waals surface area (Å²) >= 11 is 8.01. The molecule has 0 fully saturated rings. The van der Waals surface area contributed by atoms with Crippen LogP contribution in [0.15, 0.2) is 0 Å². The number of hydrogen-bond donors (Lipinski definition) is 2. The highest BCUT2D eigenvalue weighted by atomic mass is 80.0. The molecule has 0 heterocycles. The van der Waals surface area contributed by atoms with Crippen LogP contribution in [0.3, 0.4) is 0 Å². The highest BCUT2D eigenvalue weighted by Crippen LogP contribution is 2.62. The summed E-state index contributed by atoms with van der Waals surface area (Å²) in [5.74, 6) is 0. The molecule has 0 saturated carbocycles. The Bertz CT molecular complexity index is 121. The summed E-state index contributed by atoms with van der Waals surface area (Å²) in [4.78, 5) is 16.6. The second-order valence-electron chi connectivity index (χ2n) is 1.01. The molecule has 0 bridgehead atoms. The van der Waals surface area contributed by atoms with Crippen LogP contribution in [0.2, 0.25) is 0 Å². The van der Waals surface area contributed by atoms with Crippen molar-refractivity contribution in [1.82, 2.24) is 0 Å². The van der Waals surface area contributed by atoms with E-state index in [1.165, 1.54) is 0 Å². The molecule has 0 aliphatic carbocycles. The Morgan fingerprint density at radius 2 is 1.38 bits per heavy atom. The van der Waals surface area contributed by atoms with Crippen molar-refractivity contribution in [3.63, 3.8) is 0 Å². The fourth-order valence-electron chi connectivity index (χ4n) is 0. The van der Waals surface area contributed by atoms with Gasteiger partial charge in [-0.2, -0.15) is 0 Å². The van der Waals surface area contributed by atoms with Gasteiger partial charge in [-0.1, -0.05) is 0 Å². The van der Waals surface area contributed by atoms with E-state index in [4.69, 9.17) is 9.79 Å². The van der Waals surface area contributed by atoms with Gasteiger partial charge in [-0.3, -0.25) is 4.57 Å². The summed E-state index contributed by atoms with van der Waals surface area (Å²) < 4.78 is 8.75. The highest BCUT2D eigenvalue weighted by molar-refractivity contribution is 9.41. The molecule has 0 aromatic carbocycles. The number of hydrogen-bond acceptors (Lipinski definition) is 1. The molecular weight excluding hydrogens is 331 g/mol. The van der Waals surface area contributed by atoms with E-state index in [9.17, 15) is 4.57 Å². The molecule has 0 atom stereocenters. The van der Waals surface area contributed by atoms with E-state index in [2.05, 4.69) is 47.8 Å². The SMILES string of the molecule is O=P(O)(O)C(Br)(Br)Br. The molecule has 2 N–H and O–H groups in total. The van der Waals surface area contributed by atoms with Crippen LogP contribution >= 0.6 is 55.4 Å². The van der Waals surface area contributed by atoms with Gasteiger partial charge in [0.15, 0.2) is 0 Å². The van der Waals surface area contributed by atoms with Gasteiger partial charge >= 0.3 is 7.60 Å². The van der Waals surface area contributed by atoms with Gasteiger partial charge < -0.3 is 9.79 Å². The number of halogens is 3. The van der Waals surface area contributed by atoms with Crippen molar-refractivity contribution < 1.29 is 14.4 Å². The van der Waals surface area contributed by atoms with E-state index >= 15 is 0 Å². The average molecular weight is 333 g/mol. The topological polar surface area (TPSA) is 57.5 Å². The van der Waals surface area contributed by atoms with Gasteiger partial charge in [0.25, 0.3) is 0 Å². The molecule has 0 amide bonds. The zero-order valence-electron chi connectivity index (χ0n) is 3.38. The molecule has 0 rings (SSSR count). The van der Waals surface area contributed by atoms with E-state index in [0.717, 1.165) is 0 Å². The summed E-state index contributed by atoms with van der Waals surface area (Å²) in [6, 6.07) is 0. The first-order chi connectivity index (χ1) is 3.25. The summed E-state index contributed by atoms with van der Waals surface area (Å²) in [6.07, 6.45) is 0. The standard InChI is InChI=1S/CH2Br3O3P/c2-1(3,4)8(5,6)7/h(H2,5,6,7). The highest BCUT2D eigenvalue weighted by Gasteiger charge is 2.39. The van der Waals surface area contributed by atoms with Crippen molar-refractivity contribution in [3.8, 4) is 0 Å². The van der Waals surface area contributed by atoms with Crippen LogP contribution in [-0.4, -0.2) is 11.7 Å². The van der Waals surface area contributed by atoms with Crippen molar-refractivity contribution in [1.29, 1.82) is 0 Å². The molecule has 0 aliphatic heterocycles. The summed E-state index contributed by atoms with van der Waals surface area (Å²) in [7, 11) is -4.10. The van der Waals surface area contributed by atoms with Gasteiger partial charge in [-0.25, -0.2) is 0 Å². The Labute approximate surface area is 71.4 Å². The molecule has 0 saturated heterocycles. The molecule has 3 nitrogen and oxygen atoms in total. The van der Waals surface area contributed by atoms with Crippen LogP contribution in [-0.2, 0) is 4.57 Å². The first-order valence-corrected chi connectivity index (χ1v) is 5.36. The van der Waals surface area contributed by atoms with E-state index in [1.54, 1.807) is 0 Å². The van der Waals surface area contributed by atoms with Gasteiger partial charge in [0.05, 0.1) is 0 Å².